The summed E-state index contributed by atoms with van der Waals surface area (Å²) in [5.41, 5.74) is 0.384. The van der Waals surface area contributed by atoms with E-state index < -0.39 is 0 Å². The highest BCUT2D eigenvalue weighted by Gasteiger charge is 2.49. The highest BCUT2D eigenvalue weighted by Crippen LogP contribution is 2.38. The first-order valence-corrected chi connectivity index (χ1v) is 4.94. The molecule has 2 rings (SSSR count). The molecule has 2 aliphatic rings. The molecule has 1 saturated carbocycles. The summed E-state index contributed by atoms with van der Waals surface area (Å²) in [5, 5.41) is 17.3. The molecule has 3 nitrogen and oxygen atoms in total. The maximum atomic E-state index is 10.3. The first kappa shape index (κ1) is 8.48. The van der Waals surface area contributed by atoms with Crippen LogP contribution in [0.25, 0.3) is 0 Å². The standard InChI is InChI=1S/C9H17N2O/c12-7-1-5-11-9-3-2-8(9)10-6-4-9/h8,10-11H,1-7H2. The SMILES string of the molecule is [O]CCCNC12CCNC1CC2. The summed E-state index contributed by atoms with van der Waals surface area (Å²) in [6.45, 7) is 2.11. The Bertz CT molecular complexity index is 163. The van der Waals surface area contributed by atoms with Gasteiger partial charge in [-0.2, -0.15) is 0 Å². The average Bonchev–Trinajstić information content (AvgIpc) is 2.32. The second-order valence-electron chi connectivity index (χ2n) is 3.94. The van der Waals surface area contributed by atoms with Crippen LogP contribution in [0.5, 0.6) is 0 Å². The van der Waals surface area contributed by atoms with Crippen molar-refractivity contribution in [3.8, 4) is 0 Å². The molecule has 2 atom stereocenters. The average molecular weight is 169 g/mol. The molecule has 3 heteroatoms. The minimum atomic E-state index is 0.0567. The van der Waals surface area contributed by atoms with Gasteiger partial charge in [0.25, 0.3) is 0 Å². The highest BCUT2D eigenvalue weighted by atomic mass is 16.3. The van der Waals surface area contributed by atoms with Crippen LogP contribution in [0.3, 0.4) is 0 Å². The fourth-order valence-corrected chi connectivity index (χ4v) is 2.41. The van der Waals surface area contributed by atoms with Crippen LogP contribution in [-0.2, 0) is 5.11 Å². The molecule has 1 aliphatic carbocycles. The van der Waals surface area contributed by atoms with Crippen LogP contribution in [0.2, 0.25) is 0 Å². The van der Waals surface area contributed by atoms with E-state index in [4.69, 9.17) is 0 Å². The van der Waals surface area contributed by atoms with Gasteiger partial charge >= 0.3 is 0 Å². The van der Waals surface area contributed by atoms with Crippen LogP contribution in [0.4, 0.5) is 0 Å². The minimum absolute atomic E-state index is 0.0567. The maximum absolute atomic E-state index is 10.3. The van der Waals surface area contributed by atoms with Crippen molar-refractivity contribution < 1.29 is 5.11 Å². The van der Waals surface area contributed by atoms with Gasteiger partial charge in [0.2, 0.25) is 0 Å². The van der Waals surface area contributed by atoms with Gasteiger partial charge in [-0.15, -0.1) is 0 Å². The normalized spacial score (nSPS) is 39.2. The van der Waals surface area contributed by atoms with Crippen molar-refractivity contribution in [2.24, 2.45) is 0 Å². The molecule has 2 fully saturated rings. The van der Waals surface area contributed by atoms with E-state index >= 15 is 0 Å². The molecule has 1 saturated heterocycles. The summed E-state index contributed by atoms with van der Waals surface area (Å²) < 4.78 is 0. The van der Waals surface area contributed by atoms with E-state index in [0.29, 0.717) is 11.6 Å². The monoisotopic (exact) mass is 169 g/mol. The van der Waals surface area contributed by atoms with Crippen molar-refractivity contribution >= 4 is 0 Å². The smallest absolute Gasteiger partial charge is 0.0834 e. The predicted octanol–water partition coefficient (Wildman–Crippen LogP) is 0.291. The van der Waals surface area contributed by atoms with E-state index in [1.807, 2.05) is 0 Å². The summed E-state index contributed by atoms with van der Waals surface area (Å²) >= 11 is 0. The van der Waals surface area contributed by atoms with Crippen molar-refractivity contribution in [1.82, 2.24) is 10.6 Å². The van der Waals surface area contributed by atoms with E-state index in [1.165, 1.54) is 19.3 Å². The van der Waals surface area contributed by atoms with Gasteiger partial charge in [-0.3, -0.25) is 0 Å². The zero-order valence-electron chi connectivity index (χ0n) is 7.44. The fourth-order valence-electron chi connectivity index (χ4n) is 2.41. The first-order chi connectivity index (χ1) is 5.87. The van der Waals surface area contributed by atoms with Gasteiger partial charge in [0.15, 0.2) is 0 Å². The Labute approximate surface area is 73.5 Å². The van der Waals surface area contributed by atoms with E-state index in [2.05, 4.69) is 10.6 Å². The second-order valence-corrected chi connectivity index (χ2v) is 3.94. The Hall–Kier alpha value is -0.120. The van der Waals surface area contributed by atoms with E-state index in [9.17, 15) is 5.11 Å². The third-order valence-electron chi connectivity index (χ3n) is 3.31. The molecule has 1 heterocycles. The summed E-state index contributed by atoms with van der Waals surface area (Å²) in [4.78, 5) is 0. The molecular weight excluding hydrogens is 152 g/mol. The van der Waals surface area contributed by atoms with Crippen molar-refractivity contribution in [1.29, 1.82) is 0 Å². The van der Waals surface area contributed by atoms with Crippen molar-refractivity contribution in [3.05, 3.63) is 0 Å². The van der Waals surface area contributed by atoms with E-state index in [0.717, 1.165) is 19.5 Å². The Morgan fingerprint density at radius 3 is 3.00 bits per heavy atom. The lowest BCUT2D eigenvalue weighted by Crippen LogP contribution is -2.61. The van der Waals surface area contributed by atoms with Gasteiger partial charge in [-0.05, 0) is 38.8 Å². The topological polar surface area (TPSA) is 44.0 Å². The minimum Gasteiger partial charge on any atom is -0.312 e. The highest BCUT2D eigenvalue weighted by molar-refractivity contribution is 5.11. The number of nitrogens with one attached hydrogen (secondary N) is 2. The quantitative estimate of drug-likeness (QED) is 0.594. The van der Waals surface area contributed by atoms with Crippen molar-refractivity contribution in [2.75, 3.05) is 19.7 Å². The van der Waals surface area contributed by atoms with Crippen LogP contribution in [0.15, 0.2) is 0 Å². The molecule has 0 aromatic heterocycles. The first-order valence-electron chi connectivity index (χ1n) is 4.94. The second kappa shape index (κ2) is 3.32. The zero-order chi connectivity index (χ0) is 8.44. The van der Waals surface area contributed by atoms with Crippen LogP contribution < -0.4 is 10.6 Å². The molecule has 1 aliphatic heterocycles. The Morgan fingerprint density at radius 1 is 1.50 bits per heavy atom. The van der Waals surface area contributed by atoms with Gasteiger partial charge in [0, 0.05) is 11.6 Å². The molecule has 0 spiro atoms. The molecular formula is C9H17N2O. The largest absolute Gasteiger partial charge is 0.312 e. The van der Waals surface area contributed by atoms with E-state index in [-0.39, 0.29) is 6.61 Å². The summed E-state index contributed by atoms with van der Waals surface area (Å²) in [6.07, 6.45) is 4.62. The maximum Gasteiger partial charge on any atom is 0.0834 e. The predicted molar refractivity (Wildman–Crippen MR) is 46.5 cm³/mol. The van der Waals surface area contributed by atoms with Crippen LogP contribution in [0.1, 0.15) is 25.7 Å². The molecule has 2 N–H and O–H groups in total. The van der Waals surface area contributed by atoms with Gasteiger partial charge < -0.3 is 10.6 Å². The van der Waals surface area contributed by atoms with Gasteiger partial charge in [-0.1, -0.05) is 0 Å². The lowest BCUT2D eigenvalue weighted by Gasteiger charge is -2.45. The van der Waals surface area contributed by atoms with Gasteiger partial charge in [-0.25, -0.2) is 5.11 Å². The van der Waals surface area contributed by atoms with Crippen LogP contribution >= 0.6 is 0 Å². The summed E-state index contributed by atoms with van der Waals surface area (Å²) in [7, 11) is 0. The van der Waals surface area contributed by atoms with Crippen LogP contribution in [0, 0.1) is 0 Å². The molecule has 0 amide bonds. The Morgan fingerprint density at radius 2 is 2.42 bits per heavy atom. The molecule has 2 unspecified atom stereocenters. The number of rotatable bonds is 4. The van der Waals surface area contributed by atoms with E-state index in [1.54, 1.807) is 0 Å². The molecule has 0 aromatic rings. The van der Waals surface area contributed by atoms with Gasteiger partial charge in [0.1, 0.15) is 0 Å². The van der Waals surface area contributed by atoms with Crippen molar-refractivity contribution in [3.63, 3.8) is 0 Å². The molecule has 69 valence electrons. The third-order valence-corrected chi connectivity index (χ3v) is 3.31. The number of hydrogen-bond donors (Lipinski definition) is 2. The number of fused-ring (bicyclic) bond motifs is 1. The zero-order valence-corrected chi connectivity index (χ0v) is 7.44. The number of hydrogen-bond acceptors (Lipinski definition) is 2. The van der Waals surface area contributed by atoms with Gasteiger partial charge in [0.05, 0.1) is 6.61 Å². The van der Waals surface area contributed by atoms with Crippen molar-refractivity contribution in [2.45, 2.75) is 37.3 Å². The molecule has 0 aromatic carbocycles. The molecule has 12 heavy (non-hydrogen) atoms. The summed E-state index contributed by atoms with van der Waals surface area (Å²) in [6, 6.07) is 0.698. The Balaban J connectivity index is 1.78. The molecule has 1 radical (unpaired) electrons. The summed E-state index contributed by atoms with van der Waals surface area (Å²) in [5.74, 6) is 0. The lowest BCUT2D eigenvalue weighted by atomic mass is 9.72. The lowest BCUT2D eigenvalue weighted by molar-refractivity contribution is 0.146. The Kier molecular flexibility index (Phi) is 2.35. The fraction of sp³-hybridized carbons (Fsp3) is 1.00. The third kappa shape index (κ3) is 1.26. The van der Waals surface area contributed by atoms with Crippen LogP contribution in [-0.4, -0.2) is 31.3 Å². The molecule has 0 bridgehead atoms.